The maximum Gasteiger partial charge on any atom is 0.338 e. The summed E-state index contributed by atoms with van der Waals surface area (Å²) in [6.45, 7) is 12.1. The second-order valence-electron chi connectivity index (χ2n) is 14.0. The van der Waals surface area contributed by atoms with Gasteiger partial charge in [0.25, 0.3) is 0 Å². The zero-order valence-corrected chi connectivity index (χ0v) is 24.4. The standard InChI is InChI=1S/C34H50N2O2/c1-21(2)7-6-8-22(3)29-13-14-30-28-12-10-24-9-11-27(20-34(24,5)31(28)15-16-33(29,30)4)38-32(37)23-17-25(35)19-26(36)18-23/h7,10,17-19,22,27-31H,6,8-9,11-16,20,35-36H2,1-5H3. The summed E-state index contributed by atoms with van der Waals surface area (Å²) in [4.78, 5) is 13.0. The number of benzene rings is 1. The minimum absolute atomic E-state index is 0.0502. The van der Waals surface area contributed by atoms with E-state index in [1.165, 1.54) is 50.5 Å². The van der Waals surface area contributed by atoms with E-state index in [0.717, 1.165) is 42.9 Å². The molecular weight excluding hydrogens is 468 g/mol. The molecule has 3 saturated carbocycles. The topological polar surface area (TPSA) is 78.3 Å². The van der Waals surface area contributed by atoms with Gasteiger partial charge in [0.05, 0.1) is 5.56 Å². The minimum Gasteiger partial charge on any atom is -0.459 e. The molecule has 1 aromatic rings. The van der Waals surface area contributed by atoms with Gasteiger partial charge in [-0.1, -0.05) is 44.1 Å². The Balaban J connectivity index is 1.29. The zero-order valence-electron chi connectivity index (χ0n) is 24.4. The first-order valence-corrected chi connectivity index (χ1v) is 15.2. The lowest BCUT2D eigenvalue weighted by Crippen LogP contribution is -2.51. The van der Waals surface area contributed by atoms with Gasteiger partial charge < -0.3 is 16.2 Å². The fourth-order valence-electron chi connectivity index (χ4n) is 9.64. The van der Waals surface area contributed by atoms with Crippen molar-refractivity contribution in [3.8, 4) is 0 Å². The van der Waals surface area contributed by atoms with Gasteiger partial charge in [-0.05, 0) is 137 Å². The van der Waals surface area contributed by atoms with Crippen LogP contribution in [0.2, 0.25) is 0 Å². The number of carbonyl (C=O) groups is 1. The highest BCUT2D eigenvalue weighted by atomic mass is 16.5. The number of allylic oxidation sites excluding steroid dienone is 4. The molecule has 1 aromatic carbocycles. The molecule has 0 aromatic heterocycles. The molecule has 4 aliphatic carbocycles. The van der Waals surface area contributed by atoms with Crippen LogP contribution in [0.25, 0.3) is 0 Å². The number of anilines is 2. The average Bonchev–Trinajstić information content (AvgIpc) is 3.20. The van der Waals surface area contributed by atoms with Crippen molar-refractivity contribution in [2.45, 2.75) is 105 Å². The third-order valence-corrected chi connectivity index (χ3v) is 11.4. The number of rotatable bonds is 6. The molecule has 208 valence electrons. The van der Waals surface area contributed by atoms with Crippen LogP contribution in [0.1, 0.15) is 109 Å². The molecule has 5 rings (SSSR count). The van der Waals surface area contributed by atoms with E-state index in [9.17, 15) is 4.79 Å². The Morgan fingerprint density at radius 2 is 1.82 bits per heavy atom. The molecule has 4 nitrogen and oxygen atoms in total. The number of nitrogen functional groups attached to an aromatic ring is 2. The minimum atomic E-state index is -0.297. The molecule has 0 heterocycles. The highest BCUT2D eigenvalue weighted by Crippen LogP contribution is 2.67. The Kier molecular flexibility index (Phi) is 7.48. The fraction of sp³-hybridized carbons (Fsp3) is 0.676. The Labute approximate surface area is 230 Å². The van der Waals surface area contributed by atoms with Crippen LogP contribution in [0.4, 0.5) is 11.4 Å². The lowest BCUT2D eigenvalue weighted by atomic mass is 9.47. The summed E-state index contributed by atoms with van der Waals surface area (Å²) in [5.74, 6) is 3.63. The molecule has 4 aliphatic rings. The van der Waals surface area contributed by atoms with E-state index >= 15 is 0 Å². The van der Waals surface area contributed by atoms with E-state index < -0.39 is 0 Å². The Bertz CT molecular complexity index is 1100. The van der Waals surface area contributed by atoms with Crippen molar-refractivity contribution in [3.05, 3.63) is 47.1 Å². The van der Waals surface area contributed by atoms with E-state index in [1.807, 2.05) is 0 Å². The molecule has 8 atom stereocenters. The van der Waals surface area contributed by atoms with Crippen molar-refractivity contribution in [1.82, 2.24) is 0 Å². The highest BCUT2D eigenvalue weighted by Gasteiger charge is 2.59. The number of ether oxygens (including phenoxy) is 1. The third kappa shape index (κ3) is 4.93. The molecule has 0 saturated heterocycles. The molecule has 38 heavy (non-hydrogen) atoms. The van der Waals surface area contributed by atoms with Gasteiger partial charge in [-0.25, -0.2) is 4.79 Å². The molecule has 0 bridgehead atoms. The maximum absolute atomic E-state index is 13.0. The van der Waals surface area contributed by atoms with E-state index in [-0.39, 0.29) is 17.5 Å². The summed E-state index contributed by atoms with van der Waals surface area (Å²) in [6, 6.07) is 5.01. The van der Waals surface area contributed by atoms with Gasteiger partial charge in [0.2, 0.25) is 0 Å². The molecule has 0 radical (unpaired) electrons. The van der Waals surface area contributed by atoms with Crippen molar-refractivity contribution >= 4 is 17.3 Å². The Morgan fingerprint density at radius 1 is 1.08 bits per heavy atom. The van der Waals surface area contributed by atoms with Crippen LogP contribution in [0.3, 0.4) is 0 Å². The van der Waals surface area contributed by atoms with Crippen molar-refractivity contribution in [3.63, 3.8) is 0 Å². The van der Waals surface area contributed by atoms with Gasteiger partial charge >= 0.3 is 5.97 Å². The SMILES string of the molecule is CC(C)=CCCC(C)C1CCC2C3CC=C4CCC(OC(=O)c5cc(N)cc(N)c5)CC4(C)C3CCC12C. The van der Waals surface area contributed by atoms with Gasteiger partial charge in [-0.2, -0.15) is 0 Å². The first kappa shape index (κ1) is 27.3. The number of carbonyl (C=O) groups excluding carboxylic acids is 1. The van der Waals surface area contributed by atoms with Crippen LogP contribution in [-0.2, 0) is 4.74 Å². The van der Waals surface area contributed by atoms with Gasteiger partial charge in [0.15, 0.2) is 0 Å². The lowest BCUT2D eigenvalue weighted by Gasteiger charge is -2.58. The molecule has 0 aliphatic heterocycles. The normalized spacial score (nSPS) is 36.8. The second-order valence-corrected chi connectivity index (χ2v) is 14.0. The molecule has 4 heteroatoms. The summed E-state index contributed by atoms with van der Waals surface area (Å²) in [5.41, 5.74) is 17.0. The highest BCUT2D eigenvalue weighted by molar-refractivity contribution is 5.91. The smallest absolute Gasteiger partial charge is 0.338 e. The Hall–Kier alpha value is -2.23. The lowest BCUT2D eigenvalue weighted by molar-refractivity contribution is -0.0668. The Morgan fingerprint density at radius 3 is 2.53 bits per heavy atom. The summed E-state index contributed by atoms with van der Waals surface area (Å²) in [5, 5.41) is 0. The van der Waals surface area contributed by atoms with Crippen LogP contribution in [0.15, 0.2) is 41.5 Å². The first-order valence-electron chi connectivity index (χ1n) is 15.2. The van der Waals surface area contributed by atoms with Gasteiger partial charge in [0, 0.05) is 11.4 Å². The predicted molar refractivity (Wildman–Crippen MR) is 157 cm³/mol. The van der Waals surface area contributed by atoms with E-state index in [0.29, 0.717) is 28.3 Å². The quantitative estimate of drug-likeness (QED) is 0.225. The molecular formula is C34H50N2O2. The van der Waals surface area contributed by atoms with Crippen molar-refractivity contribution in [2.24, 2.45) is 40.4 Å². The average molecular weight is 519 g/mol. The molecule has 0 spiro atoms. The monoisotopic (exact) mass is 518 g/mol. The van der Waals surface area contributed by atoms with Gasteiger partial charge in [0.1, 0.15) is 6.10 Å². The molecule has 8 unspecified atom stereocenters. The van der Waals surface area contributed by atoms with E-state index in [2.05, 4.69) is 46.8 Å². The van der Waals surface area contributed by atoms with Crippen LogP contribution in [0, 0.1) is 40.4 Å². The number of nitrogens with two attached hydrogens (primary N) is 2. The number of hydrogen-bond acceptors (Lipinski definition) is 4. The molecule has 0 amide bonds. The number of hydrogen-bond donors (Lipinski definition) is 2. The molecule has 4 N–H and O–H groups in total. The van der Waals surface area contributed by atoms with Crippen LogP contribution < -0.4 is 11.5 Å². The predicted octanol–water partition coefficient (Wildman–Crippen LogP) is 8.34. The molecule has 3 fully saturated rings. The summed E-state index contributed by atoms with van der Waals surface area (Å²) >= 11 is 0. The van der Waals surface area contributed by atoms with E-state index in [4.69, 9.17) is 16.2 Å². The van der Waals surface area contributed by atoms with Crippen LogP contribution in [-0.4, -0.2) is 12.1 Å². The summed E-state index contributed by atoms with van der Waals surface area (Å²) in [6.07, 6.45) is 17.1. The van der Waals surface area contributed by atoms with Crippen molar-refractivity contribution < 1.29 is 9.53 Å². The zero-order chi connectivity index (χ0) is 27.2. The number of esters is 1. The third-order valence-electron chi connectivity index (χ3n) is 11.4. The largest absolute Gasteiger partial charge is 0.459 e. The maximum atomic E-state index is 13.0. The van der Waals surface area contributed by atoms with Gasteiger partial charge in [-0.15, -0.1) is 0 Å². The van der Waals surface area contributed by atoms with E-state index in [1.54, 1.807) is 23.8 Å². The van der Waals surface area contributed by atoms with Gasteiger partial charge in [-0.3, -0.25) is 0 Å². The second kappa shape index (κ2) is 10.4. The van der Waals surface area contributed by atoms with Crippen LogP contribution >= 0.6 is 0 Å². The summed E-state index contributed by atoms with van der Waals surface area (Å²) < 4.78 is 6.11. The van der Waals surface area contributed by atoms with Crippen molar-refractivity contribution in [1.29, 1.82) is 0 Å². The van der Waals surface area contributed by atoms with Crippen LogP contribution in [0.5, 0.6) is 0 Å². The first-order chi connectivity index (χ1) is 18.0. The fourth-order valence-corrected chi connectivity index (χ4v) is 9.64. The number of fused-ring (bicyclic) bond motifs is 5. The van der Waals surface area contributed by atoms with Crippen molar-refractivity contribution in [2.75, 3.05) is 11.5 Å². The summed E-state index contributed by atoms with van der Waals surface area (Å²) in [7, 11) is 0.